The third kappa shape index (κ3) is 2.55. The van der Waals surface area contributed by atoms with Gasteiger partial charge in [0.1, 0.15) is 5.82 Å². The minimum Gasteiger partial charge on any atom is -0.298 e. The van der Waals surface area contributed by atoms with Gasteiger partial charge in [0.2, 0.25) is 0 Å². The summed E-state index contributed by atoms with van der Waals surface area (Å²) in [7, 11) is 0. The Morgan fingerprint density at radius 1 is 1.17 bits per heavy atom. The molecule has 3 aliphatic rings. The number of ketones is 2. The summed E-state index contributed by atoms with van der Waals surface area (Å²) in [6.07, 6.45) is 6.79. The number of benzene rings is 1. The zero-order chi connectivity index (χ0) is 16.0. The molecule has 0 unspecified atom stereocenters. The van der Waals surface area contributed by atoms with Crippen molar-refractivity contribution in [1.29, 1.82) is 0 Å². The first-order chi connectivity index (χ1) is 11.1. The lowest BCUT2D eigenvalue weighted by Gasteiger charge is -2.45. The van der Waals surface area contributed by atoms with Crippen molar-refractivity contribution in [2.45, 2.75) is 25.3 Å². The summed E-state index contributed by atoms with van der Waals surface area (Å²) in [5, 5.41) is 0. The molecule has 1 aromatic rings. The quantitative estimate of drug-likeness (QED) is 0.633. The van der Waals surface area contributed by atoms with Crippen LogP contribution in [0.4, 0.5) is 4.39 Å². The highest BCUT2D eigenvalue weighted by molar-refractivity contribution is 5.96. The van der Waals surface area contributed by atoms with Crippen LogP contribution in [0.25, 0.3) is 0 Å². The van der Waals surface area contributed by atoms with Crippen LogP contribution >= 0.6 is 0 Å². The van der Waals surface area contributed by atoms with Crippen LogP contribution in [0.2, 0.25) is 0 Å². The molecule has 1 aliphatic heterocycles. The normalized spacial score (nSPS) is 32.3. The van der Waals surface area contributed by atoms with Crippen molar-refractivity contribution >= 4 is 11.6 Å². The third-order valence-corrected chi connectivity index (χ3v) is 5.64. The van der Waals surface area contributed by atoms with E-state index < -0.39 is 0 Å². The highest BCUT2D eigenvalue weighted by atomic mass is 19.1. The minimum absolute atomic E-state index is 0.00947. The lowest BCUT2D eigenvalue weighted by Crippen LogP contribution is -2.56. The number of hydrogen-bond acceptors (Lipinski definition) is 3. The van der Waals surface area contributed by atoms with Gasteiger partial charge in [-0.05, 0) is 49.6 Å². The lowest BCUT2D eigenvalue weighted by molar-refractivity contribution is -0.138. The van der Waals surface area contributed by atoms with Gasteiger partial charge in [-0.2, -0.15) is 0 Å². The number of hydrogen-bond donors (Lipinski definition) is 0. The van der Waals surface area contributed by atoms with Gasteiger partial charge in [-0.25, -0.2) is 4.39 Å². The van der Waals surface area contributed by atoms with Gasteiger partial charge in [-0.1, -0.05) is 12.2 Å². The van der Waals surface area contributed by atoms with Crippen molar-refractivity contribution < 1.29 is 14.0 Å². The number of fused-ring (bicyclic) bond motifs is 6. The molecule has 0 spiro atoms. The highest BCUT2D eigenvalue weighted by Gasteiger charge is 2.49. The second-order valence-corrected chi connectivity index (χ2v) is 6.91. The fraction of sp³-hybridized carbons (Fsp3) is 0.474. The first-order valence-corrected chi connectivity index (χ1v) is 8.38. The number of Topliss-reactive ketones (excluding diaryl/α,β-unsaturated/α-hetero) is 2. The molecule has 2 aliphatic carbocycles. The second kappa shape index (κ2) is 5.68. The maximum atomic E-state index is 12.9. The van der Waals surface area contributed by atoms with Gasteiger partial charge in [-0.15, -0.1) is 0 Å². The largest absolute Gasteiger partial charge is 0.298 e. The van der Waals surface area contributed by atoms with Crippen molar-refractivity contribution in [1.82, 2.24) is 4.90 Å². The molecule has 1 saturated carbocycles. The van der Waals surface area contributed by atoms with Crippen LogP contribution in [-0.4, -0.2) is 35.6 Å². The van der Waals surface area contributed by atoms with Crippen LogP contribution in [0.3, 0.4) is 0 Å². The number of nitrogens with zero attached hydrogens (tertiary/aromatic N) is 1. The zero-order valence-corrected chi connectivity index (χ0v) is 13.0. The maximum absolute atomic E-state index is 12.9. The van der Waals surface area contributed by atoms with Gasteiger partial charge in [-0.3, -0.25) is 14.5 Å². The smallest absolute Gasteiger partial charge is 0.164 e. The predicted molar refractivity (Wildman–Crippen MR) is 84.6 cm³/mol. The Hall–Kier alpha value is -1.81. The Kier molecular flexibility index (Phi) is 3.64. The number of piperidine rings is 1. The summed E-state index contributed by atoms with van der Waals surface area (Å²) >= 11 is 0. The Bertz CT molecular complexity index is 666. The van der Waals surface area contributed by atoms with Gasteiger partial charge < -0.3 is 0 Å². The zero-order valence-electron chi connectivity index (χ0n) is 13.0. The SMILES string of the molecule is O=C(CCN1CC[C@H]2C(=O)[C@@H]1[C@@H]1C=C[C@H]2C1)c1ccc(F)cc1. The maximum Gasteiger partial charge on any atom is 0.164 e. The third-order valence-electron chi connectivity index (χ3n) is 5.64. The minimum atomic E-state index is -0.334. The molecule has 1 heterocycles. The summed E-state index contributed by atoms with van der Waals surface area (Å²) in [5.41, 5.74) is 0.539. The van der Waals surface area contributed by atoms with Crippen LogP contribution in [0.5, 0.6) is 0 Å². The van der Waals surface area contributed by atoms with Crippen molar-refractivity contribution in [3.63, 3.8) is 0 Å². The average Bonchev–Trinajstić information content (AvgIpc) is 2.99. The summed E-state index contributed by atoms with van der Waals surface area (Å²) in [4.78, 5) is 27.1. The number of likely N-dealkylation sites (tertiary alicyclic amines) is 1. The van der Waals surface area contributed by atoms with Crippen LogP contribution < -0.4 is 0 Å². The molecule has 1 saturated heterocycles. The van der Waals surface area contributed by atoms with Gasteiger partial charge in [0, 0.05) is 30.4 Å². The number of carbonyl (C=O) groups is 2. The molecule has 0 radical (unpaired) electrons. The molecule has 0 aromatic heterocycles. The second-order valence-electron chi connectivity index (χ2n) is 6.91. The van der Waals surface area contributed by atoms with Crippen molar-refractivity contribution in [3.05, 3.63) is 47.8 Å². The van der Waals surface area contributed by atoms with E-state index in [1.807, 2.05) is 0 Å². The molecule has 4 atom stereocenters. The molecular formula is C19H20FNO2. The van der Waals surface area contributed by atoms with Crippen LogP contribution in [0.1, 0.15) is 29.6 Å². The molecule has 1 aromatic carbocycles. The topological polar surface area (TPSA) is 37.4 Å². The Morgan fingerprint density at radius 2 is 1.91 bits per heavy atom. The van der Waals surface area contributed by atoms with E-state index in [1.54, 1.807) is 0 Å². The Balaban J connectivity index is 1.43. The Labute approximate surface area is 135 Å². The van der Waals surface area contributed by atoms with E-state index in [4.69, 9.17) is 0 Å². The summed E-state index contributed by atoms with van der Waals surface area (Å²) in [6.45, 7) is 1.50. The number of carbonyl (C=O) groups excluding carboxylic acids is 2. The van der Waals surface area contributed by atoms with E-state index >= 15 is 0 Å². The molecule has 2 fully saturated rings. The molecule has 0 N–H and O–H groups in total. The van der Waals surface area contributed by atoms with Gasteiger partial charge >= 0.3 is 0 Å². The van der Waals surface area contributed by atoms with E-state index in [0.29, 0.717) is 36.1 Å². The first kappa shape index (κ1) is 14.8. The number of allylic oxidation sites excluding steroid dienone is 1. The average molecular weight is 313 g/mol. The summed E-state index contributed by atoms with van der Waals surface area (Å²) in [6, 6.07) is 5.64. The fourth-order valence-electron chi connectivity index (χ4n) is 4.46. The van der Waals surface area contributed by atoms with Gasteiger partial charge in [0.25, 0.3) is 0 Å². The van der Waals surface area contributed by atoms with Crippen LogP contribution in [-0.2, 0) is 4.79 Å². The molecule has 4 heteroatoms. The first-order valence-electron chi connectivity index (χ1n) is 8.38. The van der Waals surface area contributed by atoms with Crippen molar-refractivity contribution in [2.24, 2.45) is 17.8 Å². The predicted octanol–water partition coefficient (Wildman–Crippen LogP) is 2.86. The monoisotopic (exact) mass is 313 g/mol. The fourth-order valence-corrected chi connectivity index (χ4v) is 4.46. The molecule has 0 amide bonds. The van der Waals surface area contributed by atoms with E-state index in [1.165, 1.54) is 24.3 Å². The molecular weight excluding hydrogens is 293 g/mol. The van der Waals surface area contributed by atoms with Gasteiger partial charge in [0.05, 0.1) is 6.04 Å². The lowest BCUT2D eigenvalue weighted by atomic mass is 9.70. The van der Waals surface area contributed by atoms with Crippen LogP contribution in [0, 0.1) is 23.6 Å². The summed E-state index contributed by atoms with van der Waals surface area (Å²) in [5.74, 6) is 1.02. The number of rotatable bonds is 4. The van der Waals surface area contributed by atoms with Crippen molar-refractivity contribution in [3.8, 4) is 0 Å². The highest BCUT2D eigenvalue weighted by Crippen LogP contribution is 2.44. The Morgan fingerprint density at radius 3 is 2.70 bits per heavy atom. The molecule has 4 rings (SSSR count). The molecule has 23 heavy (non-hydrogen) atoms. The molecule has 4 bridgehead atoms. The summed E-state index contributed by atoms with van der Waals surface area (Å²) < 4.78 is 12.9. The van der Waals surface area contributed by atoms with E-state index in [2.05, 4.69) is 17.1 Å². The van der Waals surface area contributed by atoms with E-state index in [9.17, 15) is 14.0 Å². The molecule has 3 nitrogen and oxygen atoms in total. The van der Waals surface area contributed by atoms with Crippen LogP contribution in [0.15, 0.2) is 36.4 Å². The molecule has 120 valence electrons. The van der Waals surface area contributed by atoms with Crippen molar-refractivity contribution in [2.75, 3.05) is 13.1 Å². The standard InChI is InChI=1S/C19H20FNO2/c20-15-5-3-12(4-6-15)17(22)8-10-21-9-7-16-13-1-2-14(11-13)18(21)19(16)23/h1-6,13-14,16,18H,7-11H2/t13-,14+,16+,18-/m0/s1. The van der Waals surface area contributed by atoms with Gasteiger partial charge in [0.15, 0.2) is 11.6 Å². The number of halogens is 1. The van der Waals surface area contributed by atoms with E-state index in [-0.39, 0.29) is 23.6 Å². The van der Waals surface area contributed by atoms with E-state index in [0.717, 1.165) is 19.4 Å².